The Hall–Kier alpha value is -15.3. The number of unbranched alkanes of at least 4 members (excludes halogenated alkanes) is 1. The first-order valence-corrected chi connectivity index (χ1v) is 47.4. The van der Waals surface area contributed by atoms with Gasteiger partial charge in [0.25, 0.3) is 0 Å². The summed E-state index contributed by atoms with van der Waals surface area (Å²) in [7, 11) is 0. The number of carboxylic acid groups (broad SMARTS) is 4. The fraction of sp³-hybridized carbons (Fsp3) is 0.559. The van der Waals surface area contributed by atoms with Crippen LogP contribution in [-0.4, -0.2) is 324 Å². The maximum absolute atomic E-state index is 15.1. The highest BCUT2D eigenvalue weighted by Crippen LogP contribution is 2.19. The van der Waals surface area contributed by atoms with E-state index in [-0.39, 0.29) is 86.1 Å². The number of amides is 18. The number of hydrogen-bond acceptors (Lipinski definition) is 30. The summed E-state index contributed by atoms with van der Waals surface area (Å²) in [5.74, 6) is -29.5. The molecule has 0 spiro atoms. The number of hydrogen-bond donors (Lipinski definition) is 32. The van der Waals surface area contributed by atoms with Gasteiger partial charge >= 0.3 is 23.9 Å². The summed E-state index contributed by atoms with van der Waals surface area (Å²) in [4.78, 5) is 301. The Kier molecular flexibility index (Phi) is 55.1. The molecule has 0 unspecified atom stereocenters. The number of primary amides is 1. The Labute approximate surface area is 846 Å². The average Bonchev–Trinajstić information content (AvgIpc) is 0.842. The smallest absolute Gasteiger partial charge is 0.325 e. The molecule has 0 aliphatic rings. The quantitative estimate of drug-likeness (QED) is 0.0142. The van der Waals surface area contributed by atoms with Crippen LogP contribution in [0.1, 0.15) is 169 Å². The van der Waals surface area contributed by atoms with Crippen molar-refractivity contribution in [2.24, 2.45) is 40.7 Å². The van der Waals surface area contributed by atoms with E-state index in [2.05, 4.69) is 90.4 Å². The van der Waals surface area contributed by atoms with Crippen LogP contribution in [0.2, 0.25) is 0 Å². The maximum atomic E-state index is 15.1. The molecule has 0 heterocycles. The van der Waals surface area contributed by atoms with Crippen molar-refractivity contribution in [1.29, 1.82) is 5.41 Å². The number of guanidine groups is 1. The number of phenolic OH excluding ortho intramolecular Hbond substituents is 2. The van der Waals surface area contributed by atoms with E-state index in [1.165, 1.54) is 55.5 Å². The van der Waals surface area contributed by atoms with Gasteiger partial charge in [-0.2, -0.15) is 0 Å². The number of carbonyl (C=O) groups is 22. The second kappa shape index (κ2) is 64.4. The van der Waals surface area contributed by atoms with Gasteiger partial charge in [0, 0.05) is 45.1 Å². The van der Waals surface area contributed by atoms with Crippen molar-refractivity contribution < 1.29 is 151 Å². The number of aromatic hydroxyl groups is 2. The molecule has 0 aliphatic carbocycles. The third kappa shape index (κ3) is 46.9. The number of phenols is 2. The van der Waals surface area contributed by atoms with Crippen LogP contribution in [0.25, 0.3) is 0 Å². The highest BCUT2D eigenvalue weighted by molar-refractivity contribution is 6.02. The van der Waals surface area contributed by atoms with Crippen molar-refractivity contribution in [2.75, 3.05) is 32.8 Å². The molecule has 18 amide bonds. The number of nitrogens with two attached hydrogens (primary N) is 4. The van der Waals surface area contributed by atoms with E-state index < -0.39 is 335 Å². The van der Waals surface area contributed by atoms with Gasteiger partial charge in [-0.25, -0.2) is 0 Å². The van der Waals surface area contributed by atoms with Gasteiger partial charge in [-0.3, -0.25) is 111 Å². The zero-order valence-corrected chi connectivity index (χ0v) is 83.0. The zero-order valence-electron chi connectivity index (χ0n) is 83.0. The van der Waals surface area contributed by atoms with E-state index in [1.807, 2.05) is 5.32 Å². The predicted octanol–water partition coefficient (Wildman–Crippen LogP) is -8.57. The van der Waals surface area contributed by atoms with Crippen molar-refractivity contribution in [3.05, 3.63) is 95.6 Å². The summed E-state index contributed by atoms with van der Waals surface area (Å²) in [5, 5.41) is 141. The monoisotopic (exact) mass is 2080 g/mol. The van der Waals surface area contributed by atoms with E-state index in [1.54, 1.807) is 65.0 Å². The van der Waals surface area contributed by atoms with Crippen LogP contribution >= 0.6 is 0 Å². The Morgan fingerprint density at radius 2 is 0.721 bits per heavy atom. The number of carbonyl (C=O) groups excluding carboxylic acids is 18. The topological polar surface area (TPSA) is 902 Å². The van der Waals surface area contributed by atoms with E-state index in [4.69, 9.17) is 28.3 Å². The van der Waals surface area contributed by atoms with Gasteiger partial charge in [0.15, 0.2) is 5.96 Å². The van der Waals surface area contributed by atoms with Crippen molar-refractivity contribution in [3.63, 3.8) is 0 Å². The minimum Gasteiger partial charge on any atom is -0.508 e. The highest BCUT2D eigenvalue weighted by Gasteiger charge is 2.41. The van der Waals surface area contributed by atoms with Gasteiger partial charge in [-0.1, -0.05) is 103 Å². The Balaban J connectivity index is 2.02. The lowest BCUT2D eigenvalue weighted by molar-refractivity contribution is -0.143. The molecule has 54 nitrogen and oxygen atoms in total. The molecule has 147 heavy (non-hydrogen) atoms. The first-order chi connectivity index (χ1) is 69.1. The van der Waals surface area contributed by atoms with Crippen LogP contribution < -0.4 is 119 Å². The molecule has 0 bridgehead atoms. The molecule has 19 atom stereocenters. The standard InChI is InChI=1S/C93H141N23O31/c1-10-47(6)74(115-91(145)75(50(9)119)116-88(142)67(44-118)113-76(130)48(7)101-78(132)59(30-33-70(124)125)107-84(138)61(37-45(2)3)109-80(134)56(19-14-15-35-94)104-87(141)66(43-117)114-89(143)73(96)46(4)5)90(144)108-57(20-16-36-99-93(97)98)79(133)105-58(29-32-68(95)122)81(135)106-60(31-34-71(126)127)82(136)111-63(39-52-21-25-54(120)26-22-52)86(140)112-64(40-53-23-27-55(121)28-24-53)85(139)110-62(38-51-17-12-11-13-18-51)77(131)100-42-69(123)103-65(41-72(128)129)83(137)102-49(8)92(146)147/h11-13,17-18,21-28,45-50,56-67,73-75,117-121H,10,14-16,19-20,29-44,94,96H2,1-9H3,(H2,95,122)(H,100,131)(H,101,132)(H,102,137)(H,103,123)(H,104,141)(H,105,133)(H,106,135)(H,107,138)(H,108,144)(H,109,134)(H,110,139)(H,111,136)(H,112,140)(H,113,130)(H,114,143)(H,115,145)(H,116,142)(H,124,125)(H,126,127)(H,128,129)(H,146,147)(H4,97,98,99)/t47-,48-,49-,50+,56-,57-,58-,59-,60-,61-,62-,63-,64-,65-,66-,67-,73-,74-,75-/m0/s1. The molecule has 3 aromatic rings. The summed E-state index contributed by atoms with van der Waals surface area (Å²) in [6, 6.07) is -11.2. The molecular formula is C93H141N23O31. The number of benzene rings is 3. The lowest BCUT2D eigenvalue weighted by Crippen LogP contribution is -2.63. The predicted molar refractivity (Wildman–Crippen MR) is 521 cm³/mol. The van der Waals surface area contributed by atoms with Crippen LogP contribution in [0.5, 0.6) is 11.5 Å². The van der Waals surface area contributed by atoms with Gasteiger partial charge in [0.2, 0.25) is 106 Å². The molecule has 814 valence electrons. The van der Waals surface area contributed by atoms with E-state index in [0.717, 1.165) is 20.8 Å². The van der Waals surface area contributed by atoms with Crippen LogP contribution in [0.3, 0.4) is 0 Å². The third-order valence-electron chi connectivity index (χ3n) is 22.8. The average molecular weight is 2080 g/mol. The van der Waals surface area contributed by atoms with Crippen molar-refractivity contribution in [1.82, 2.24) is 95.7 Å². The fourth-order valence-electron chi connectivity index (χ4n) is 14.1. The highest BCUT2D eigenvalue weighted by atomic mass is 16.4. The summed E-state index contributed by atoms with van der Waals surface area (Å²) in [5.41, 5.74) is 23.6. The summed E-state index contributed by atoms with van der Waals surface area (Å²) in [6.45, 7) is 9.69. The number of aliphatic hydroxyl groups excluding tert-OH is 3. The first-order valence-electron chi connectivity index (χ1n) is 47.4. The van der Waals surface area contributed by atoms with Gasteiger partial charge in [0.1, 0.15) is 108 Å². The molecule has 54 heteroatoms. The van der Waals surface area contributed by atoms with E-state index >= 15 is 4.79 Å². The molecule has 0 radical (unpaired) electrons. The molecule has 0 aliphatic heterocycles. The molecule has 3 aromatic carbocycles. The van der Waals surface area contributed by atoms with Gasteiger partial charge in [-0.05, 0) is 144 Å². The summed E-state index contributed by atoms with van der Waals surface area (Å²) < 4.78 is 0. The SMILES string of the molecule is CC[C@H](C)[C@H](NC(=O)[C@@H](NC(=O)[C@H](CO)NC(=O)[C@H](C)NC(=O)[C@H](CCC(=O)O)NC(=O)[C@H](CC(C)C)NC(=O)[C@H](CCCCN)NC(=O)[C@H](CO)NC(=O)[C@@H](N)C(C)C)[C@@H](C)O)C(=O)N[C@@H](CCCNC(=N)N)C(=O)N[C@@H](CCC(N)=O)C(=O)N[C@@H](CCC(=O)O)C(=O)N[C@@H](Cc1ccc(O)cc1)C(=O)N[C@@H](Cc1ccc(O)cc1)C(=O)N[C@@H](Cc1ccccc1)C(=O)NCC(=O)N[C@@H](CC(=O)O)C(=O)N[C@@H](C)C(=O)O. The number of rotatable bonds is 68. The van der Waals surface area contributed by atoms with E-state index in [0.29, 0.717) is 12.0 Å². The summed E-state index contributed by atoms with van der Waals surface area (Å²) >= 11 is 0. The third-order valence-corrected chi connectivity index (χ3v) is 22.8. The van der Waals surface area contributed by atoms with Crippen molar-refractivity contribution in [2.45, 2.75) is 280 Å². The molecule has 3 rings (SSSR count). The van der Waals surface area contributed by atoms with Gasteiger partial charge in [-0.15, -0.1) is 0 Å². The fourth-order valence-corrected chi connectivity index (χ4v) is 14.1. The minimum absolute atomic E-state index is 0.0553. The normalized spacial score (nSPS) is 15.0. The lowest BCUT2D eigenvalue weighted by atomic mass is 9.96. The second-order valence-electron chi connectivity index (χ2n) is 35.8. The lowest BCUT2D eigenvalue weighted by Gasteiger charge is -2.30. The molecule has 0 saturated carbocycles. The Morgan fingerprint density at radius 1 is 0.361 bits per heavy atom. The largest absolute Gasteiger partial charge is 0.508 e. The first kappa shape index (κ1) is 126. The number of aliphatic carboxylic acids is 4. The van der Waals surface area contributed by atoms with Crippen molar-refractivity contribution in [3.8, 4) is 11.5 Å². The molecule has 0 aromatic heterocycles. The Bertz CT molecular complexity index is 5000. The second-order valence-corrected chi connectivity index (χ2v) is 35.8. The van der Waals surface area contributed by atoms with Crippen molar-refractivity contribution >= 4 is 136 Å². The Morgan fingerprint density at radius 3 is 1.14 bits per heavy atom. The van der Waals surface area contributed by atoms with Crippen LogP contribution in [-0.2, 0) is 125 Å². The van der Waals surface area contributed by atoms with Crippen LogP contribution in [0, 0.1) is 23.2 Å². The van der Waals surface area contributed by atoms with Crippen LogP contribution in [0.15, 0.2) is 78.9 Å². The van der Waals surface area contributed by atoms with Gasteiger partial charge in [0.05, 0.1) is 38.3 Å². The molecule has 36 N–H and O–H groups in total. The number of aliphatic hydroxyl groups is 3. The van der Waals surface area contributed by atoms with Gasteiger partial charge < -0.3 is 165 Å². The van der Waals surface area contributed by atoms with E-state index in [9.17, 15) is 147 Å². The minimum atomic E-state index is -2.07. The molecular weight excluding hydrogens is 1940 g/mol. The number of nitrogens with one attached hydrogen (secondary N) is 19. The van der Waals surface area contributed by atoms with Crippen LogP contribution in [0.4, 0.5) is 0 Å². The summed E-state index contributed by atoms with van der Waals surface area (Å²) in [6.07, 6.45) is -8.79. The zero-order chi connectivity index (χ0) is 111. The molecule has 0 fully saturated rings. The number of carboxylic acids is 4. The molecule has 0 saturated heterocycles. The maximum Gasteiger partial charge on any atom is 0.325 e.